The standard InChI is InChI=1S/C26H38N2O4/c1-20-23(7-3-9-25(20)31-17-5-12-27-13-16-29)24-8-4-10-26(21(24)2)32-18-6-14-28-15-11-22(30)19-28/h3-4,7-10,22,27,29-30H,5-6,11-19H2,1-2H3. The van der Waals surface area contributed by atoms with E-state index < -0.39 is 0 Å². The van der Waals surface area contributed by atoms with E-state index in [4.69, 9.17) is 14.6 Å². The summed E-state index contributed by atoms with van der Waals surface area (Å²) in [4.78, 5) is 2.30. The Balaban J connectivity index is 1.57. The lowest BCUT2D eigenvalue weighted by atomic mass is 9.95. The summed E-state index contributed by atoms with van der Waals surface area (Å²) in [6.45, 7) is 9.85. The van der Waals surface area contributed by atoms with Crippen LogP contribution in [0.2, 0.25) is 0 Å². The van der Waals surface area contributed by atoms with Crippen LogP contribution in [0, 0.1) is 13.8 Å². The SMILES string of the molecule is Cc1c(OCCCNCCO)cccc1-c1cccc(OCCCN2CCC(O)C2)c1C. The molecular formula is C26H38N2O4. The van der Waals surface area contributed by atoms with E-state index in [0.717, 1.165) is 79.2 Å². The van der Waals surface area contributed by atoms with Gasteiger partial charge in [0.25, 0.3) is 0 Å². The van der Waals surface area contributed by atoms with Crippen LogP contribution in [-0.4, -0.2) is 73.8 Å². The average Bonchev–Trinajstić information content (AvgIpc) is 3.21. The zero-order valence-corrected chi connectivity index (χ0v) is 19.5. The summed E-state index contributed by atoms with van der Waals surface area (Å²) >= 11 is 0. The van der Waals surface area contributed by atoms with Gasteiger partial charge in [-0.2, -0.15) is 0 Å². The first-order valence-corrected chi connectivity index (χ1v) is 11.8. The molecule has 1 aliphatic rings. The lowest BCUT2D eigenvalue weighted by Crippen LogP contribution is -2.24. The molecule has 1 saturated heterocycles. The minimum absolute atomic E-state index is 0.159. The fourth-order valence-electron chi connectivity index (χ4n) is 4.19. The molecule has 0 aliphatic carbocycles. The summed E-state index contributed by atoms with van der Waals surface area (Å²) < 4.78 is 12.2. The Morgan fingerprint density at radius 2 is 1.56 bits per heavy atom. The maximum absolute atomic E-state index is 9.65. The second kappa shape index (κ2) is 12.8. The van der Waals surface area contributed by atoms with E-state index in [1.54, 1.807) is 0 Å². The molecule has 1 heterocycles. The van der Waals surface area contributed by atoms with Crippen LogP contribution in [0.5, 0.6) is 11.5 Å². The van der Waals surface area contributed by atoms with E-state index >= 15 is 0 Å². The number of hydrogen-bond acceptors (Lipinski definition) is 6. The van der Waals surface area contributed by atoms with Gasteiger partial charge in [0, 0.05) is 26.2 Å². The maximum Gasteiger partial charge on any atom is 0.122 e. The number of rotatable bonds is 13. The van der Waals surface area contributed by atoms with Crippen molar-refractivity contribution in [3.05, 3.63) is 47.5 Å². The molecule has 2 aromatic carbocycles. The third kappa shape index (κ3) is 6.94. The van der Waals surface area contributed by atoms with E-state index in [1.807, 2.05) is 24.3 Å². The van der Waals surface area contributed by atoms with Gasteiger partial charge >= 0.3 is 0 Å². The van der Waals surface area contributed by atoms with Gasteiger partial charge in [0.15, 0.2) is 0 Å². The zero-order valence-electron chi connectivity index (χ0n) is 19.5. The van der Waals surface area contributed by atoms with Crippen molar-refractivity contribution in [1.82, 2.24) is 10.2 Å². The van der Waals surface area contributed by atoms with Crippen molar-refractivity contribution in [3.63, 3.8) is 0 Å². The first-order chi connectivity index (χ1) is 15.6. The molecule has 0 radical (unpaired) electrons. The summed E-state index contributed by atoms with van der Waals surface area (Å²) in [5.74, 6) is 1.83. The minimum Gasteiger partial charge on any atom is -0.493 e. The smallest absolute Gasteiger partial charge is 0.122 e. The second-order valence-electron chi connectivity index (χ2n) is 8.48. The van der Waals surface area contributed by atoms with Crippen LogP contribution in [0.15, 0.2) is 36.4 Å². The Kier molecular flexibility index (Phi) is 9.81. The molecule has 6 nitrogen and oxygen atoms in total. The topological polar surface area (TPSA) is 74.2 Å². The normalized spacial score (nSPS) is 16.4. The number of aliphatic hydroxyl groups is 2. The fraction of sp³-hybridized carbons (Fsp3) is 0.538. The quantitative estimate of drug-likeness (QED) is 0.414. The number of nitrogens with one attached hydrogen (secondary N) is 1. The molecule has 0 aromatic heterocycles. The van der Waals surface area contributed by atoms with E-state index in [9.17, 15) is 5.11 Å². The first-order valence-electron chi connectivity index (χ1n) is 11.8. The fourth-order valence-corrected chi connectivity index (χ4v) is 4.19. The predicted molar refractivity (Wildman–Crippen MR) is 129 cm³/mol. The highest BCUT2D eigenvalue weighted by atomic mass is 16.5. The van der Waals surface area contributed by atoms with E-state index in [2.05, 4.69) is 36.2 Å². The third-order valence-electron chi connectivity index (χ3n) is 6.03. The number of hydrogen-bond donors (Lipinski definition) is 3. The number of benzene rings is 2. The van der Waals surface area contributed by atoms with Crippen molar-refractivity contribution in [1.29, 1.82) is 0 Å². The number of ether oxygens (including phenoxy) is 2. The van der Waals surface area contributed by atoms with Gasteiger partial charge < -0.3 is 29.9 Å². The van der Waals surface area contributed by atoms with Gasteiger partial charge in [0.05, 0.1) is 25.9 Å². The Bertz CT molecular complexity index is 843. The molecule has 1 unspecified atom stereocenters. The highest BCUT2D eigenvalue weighted by molar-refractivity contribution is 5.74. The van der Waals surface area contributed by atoms with Crippen LogP contribution in [0.3, 0.4) is 0 Å². The van der Waals surface area contributed by atoms with Gasteiger partial charge in [-0.1, -0.05) is 24.3 Å². The Labute approximate surface area is 192 Å². The third-order valence-corrected chi connectivity index (χ3v) is 6.03. The molecule has 2 aromatic rings. The second-order valence-corrected chi connectivity index (χ2v) is 8.48. The van der Waals surface area contributed by atoms with E-state index in [-0.39, 0.29) is 12.7 Å². The van der Waals surface area contributed by atoms with Crippen molar-refractivity contribution >= 4 is 0 Å². The minimum atomic E-state index is -0.166. The molecule has 3 rings (SSSR count). The highest BCUT2D eigenvalue weighted by Crippen LogP contribution is 2.35. The van der Waals surface area contributed by atoms with Crippen molar-refractivity contribution in [3.8, 4) is 22.6 Å². The number of aliphatic hydroxyl groups excluding tert-OH is 2. The summed E-state index contributed by atoms with van der Waals surface area (Å²) in [6, 6.07) is 12.4. The van der Waals surface area contributed by atoms with Gasteiger partial charge in [0.2, 0.25) is 0 Å². The Morgan fingerprint density at radius 1 is 0.938 bits per heavy atom. The predicted octanol–water partition coefficient (Wildman–Crippen LogP) is 3.16. The van der Waals surface area contributed by atoms with Gasteiger partial charge in [-0.15, -0.1) is 0 Å². The first kappa shape index (κ1) is 24.5. The largest absolute Gasteiger partial charge is 0.493 e. The Hall–Kier alpha value is -2.12. The van der Waals surface area contributed by atoms with Gasteiger partial charge in [-0.05, 0) is 74.0 Å². The van der Waals surface area contributed by atoms with Crippen LogP contribution in [0.4, 0.5) is 0 Å². The summed E-state index contributed by atoms with van der Waals surface area (Å²) in [5.41, 5.74) is 4.59. The molecule has 3 N–H and O–H groups in total. The van der Waals surface area contributed by atoms with Crippen LogP contribution in [-0.2, 0) is 0 Å². The number of likely N-dealkylation sites (tertiary alicyclic amines) is 1. The molecule has 1 aliphatic heterocycles. The summed E-state index contributed by atoms with van der Waals surface area (Å²) in [6.07, 6.45) is 2.56. The molecule has 6 heteroatoms. The zero-order chi connectivity index (χ0) is 22.8. The van der Waals surface area contributed by atoms with E-state index in [0.29, 0.717) is 19.8 Å². The molecule has 176 valence electrons. The van der Waals surface area contributed by atoms with Crippen LogP contribution < -0.4 is 14.8 Å². The molecule has 0 bridgehead atoms. The average molecular weight is 443 g/mol. The molecule has 1 atom stereocenters. The van der Waals surface area contributed by atoms with Crippen molar-refractivity contribution in [2.75, 3.05) is 52.5 Å². The summed E-state index contributed by atoms with van der Waals surface area (Å²) in [7, 11) is 0. The highest BCUT2D eigenvalue weighted by Gasteiger charge is 2.19. The Morgan fingerprint density at radius 3 is 2.12 bits per heavy atom. The van der Waals surface area contributed by atoms with Gasteiger partial charge in [-0.25, -0.2) is 0 Å². The molecular weight excluding hydrogens is 404 g/mol. The lowest BCUT2D eigenvalue weighted by molar-refractivity contribution is 0.173. The summed E-state index contributed by atoms with van der Waals surface area (Å²) in [5, 5.41) is 21.6. The maximum atomic E-state index is 9.65. The van der Waals surface area contributed by atoms with Crippen molar-refractivity contribution in [2.24, 2.45) is 0 Å². The van der Waals surface area contributed by atoms with Crippen LogP contribution >= 0.6 is 0 Å². The monoisotopic (exact) mass is 442 g/mol. The molecule has 0 amide bonds. The van der Waals surface area contributed by atoms with Crippen molar-refractivity contribution < 1.29 is 19.7 Å². The molecule has 32 heavy (non-hydrogen) atoms. The lowest BCUT2D eigenvalue weighted by Gasteiger charge is -2.18. The number of nitrogens with zero attached hydrogens (tertiary/aromatic N) is 1. The number of β-amino-alcohol motifs (C(OH)–C–C–N with tert-alkyl or cyclic N) is 1. The van der Waals surface area contributed by atoms with Crippen LogP contribution in [0.25, 0.3) is 11.1 Å². The van der Waals surface area contributed by atoms with E-state index in [1.165, 1.54) is 0 Å². The van der Waals surface area contributed by atoms with Crippen LogP contribution in [0.1, 0.15) is 30.4 Å². The van der Waals surface area contributed by atoms with Gasteiger partial charge in [0.1, 0.15) is 11.5 Å². The molecule has 0 saturated carbocycles. The molecule has 1 fully saturated rings. The van der Waals surface area contributed by atoms with Crippen molar-refractivity contribution in [2.45, 2.75) is 39.2 Å². The van der Waals surface area contributed by atoms with Gasteiger partial charge in [-0.3, -0.25) is 0 Å². The molecule has 0 spiro atoms.